The number of anilines is 1. The van der Waals surface area contributed by atoms with Gasteiger partial charge in [0.2, 0.25) is 0 Å². The van der Waals surface area contributed by atoms with Crippen LogP contribution in [-0.4, -0.2) is 26.0 Å². The van der Waals surface area contributed by atoms with E-state index in [1.165, 1.54) is 49.2 Å². The number of hydrogen-bond donors (Lipinski definition) is 1. The van der Waals surface area contributed by atoms with Gasteiger partial charge in [0.25, 0.3) is 0 Å². The number of unbranched alkanes of at least 4 members (excludes halogenated alkanes) is 3. The molecule has 2 aromatic rings. The maximum atomic E-state index is 5.98. The van der Waals surface area contributed by atoms with Gasteiger partial charge in [-0.1, -0.05) is 19.8 Å². The number of aromatic nitrogens is 3. The van der Waals surface area contributed by atoms with Gasteiger partial charge in [0.15, 0.2) is 5.82 Å². The zero-order valence-electron chi connectivity index (χ0n) is 14.1. The van der Waals surface area contributed by atoms with Crippen LogP contribution >= 0.6 is 11.8 Å². The largest absolute Gasteiger partial charge is 0.382 e. The van der Waals surface area contributed by atoms with Gasteiger partial charge < -0.3 is 10.3 Å². The highest BCUT2D eigenvalue weighted by atomic mass is 32.2. The maximum absolute atomic E-state index is 5.98. The third kappa shape index (κ3) is 4.15. The summed E-state index contributed by atoms with van der Waals surface area (Å²) in [5, 5.41) is 0. The molecule has 0 bridgehead atoms. The van der Waals surface area contributed by atoms with Gasteiger partial charge in [-0.05, 0) is 50.2 Å². The number of fused-ring (bicyclic) bond motifs is 1. The Bertz CT molecular complexity index is 606. The van der Waals surface area contributed by atoms with Gasteiger partial charge >= 0.3 is 0 Å². The first-order chi connectivity index (χ1) is 10.6. The smallest absolute Gasteiger partial charge is 0.151 e. The van der Waals surface area contributed by atoms with Gasteiger partial charge in [-0.3, -0.25) is 0 Å². The van der Waals surface area contributed by atoms with Crippen LogP contribution in [0.5, 0.6) is 0 Å². The first-order valence-electron chi connectivity index (χ1n) is 8.30. The predicted octanol–water partition coefficient (Wildman–Crippen LogP) is 4.33. The van der Waals surface area contributed by atoms with E-state index in [0.717, 1.165) is 23.3 Å². The molecule has 5 heteroatoms. The fourth-order valence-corrected chi connectivity index (χ4v) is 3.74. The van der Waals surface area contributed by atoms with E-state index in [1.807, 2.05) is 13.3 Å². The molecule has 0 aromatic carbocycles. The van der Waals surface area contributed by atoms with Crippen molar-refractivity contribution in [2.24, 2.45) is 0 Å². The molecule has 122 valence electrons. The Labute approximate surface area is 137 Å². The van der Waals surface area contributed by atoms with Crippen LogP contribution in [0.2, 0.25) is 0 Å². The van der Waals surface area contributed by atoms with Crippen molar-refractivity contribution in [1.82, 2.24) is 14.5 Å². The second-order valence-corrected chi connectivity index (χ2v) is 7.09. The zero-order valence-corrected chi connectivity index (χ0v) is 14.9. The van der Waals surface area contributed by atoms with Crippen LogP contribution in [-0.2, 0) is 6.54 Å². The predicted molar refractivity (Wildman–Crippen MR) is 97.5 cm³/mol. The lowest BCUT2D eigenvalue weighted by atomic mass is 10.2. The minimum atomic E-state index is 0.546. The van der Waals surface area contributed by atoms with Crippen LogP contribution < -0.4 is 5.73 Å². The Balaban J connectivity index is 1.85. The van der Waals surface area contributed by atoms with Crippen molar-refractivity contribution in [2.75, 3.05) is 17.2 Å². The van der Waals surface area contributed by atoms with Crippen molar-refractivity contribution >= 4 is 28.6 Å². The molecule has 0 saturated heterocycles. The first-order valence-corrected chi connectivity index (χ1v) is 9.45. The van der Waals surface area contributed by atoms with Crippen LogP contribution in [0.15, 0.2) is 6.33 Å². The molecule has 0 spiro atoms. The van der Waals surface area contributed by atoms with Gasteiger partial charge in [-0.15, -0.1) is 0 Å². The zero-order chi connectivity index (χ0) is 15.9. The number of aryl methyl sites for hydroxylation is 3. The SMILES string of the molecule is CCCCSCCCCCn1cnc2c(N)nc(C)c(C)c21. The van der Waals surface area contributed by atoms with Crippen molar-refractivity contribution in [3.63, 3.8) is 0 Å². The molecule has 22 heavy (non-hydrogen) atoms. The fourth-order valence-electron chi connectivity index (χ4n) is 2.63. The number of pyridine rings is 1. The number of nitrogens with two attached hydrogens (primary N) is 1. The van der Waals surface area contributed by atoms with Gasteiger partial charge in [-0.25, -0.2) is 9.97 Å². The molecular formula is C17H28N4S. The monoisotopic (exact) mass is 320 g/mol. The lowest BCUT2D eigenvalue weighted by Gasteiger charge is -2.09. The van der Waals surface area contributed by atoms with Crippen LogP contribution in [0.3, 0.4) is 0 Å². The molecule has 0 amide bonds. The van der Waals surface area contributed by atoms with Crippen molar-refractivity contribution < 1.29 is 0 Å². The number of nitrogens with zero attached hydrogens (tertiary/aromatic N) is 3. The molecule has 0 aliphatic heterocycles. The van der Waals surface area contributed by atoms with E-state index in [9.17, 15) is 0 Å². The Morgan fingerprint density at radius 2 is 1.91 bits per heavy atom. The highest BCUT2D eigenvalue weighted by molar-refractivity contribution is 7.99. The highest BCUT2D eigenvalue weighted by Crippen LogP contribution is 2.24. The average Bonchev–Trinajstić information content (AvgIpc) is 2.92. The Morgan fingerprint density at radius 3 is 2.68 bits per heavy atom. The first kappa shape index (κ1) is 17.1. The van der Waals surface area contributed by atoms with Crippen LogP contribution in [0.25, 0.3) is 11.0 Å². The Hall–Kier alpha value is -1.23. The normalized spacial score (nSPS) is 11.4. The molecule has 0 atom stereocenters. The summed E-state index contributed by atoms with van der Waals surface area (Å²) in [7, 11) is 0. The average molecular weight is 321 g/mol. The lowest BCUT2D eigenvalue weighted by molar-refractivity contribution is 0.614. The summed E-state index contributed by atoms with van der Waals surface area (Å²) in [6, 6.07) is 0. The Kier molecular flexibility index (Phi) is 6.55. The summed E-state index contributed by atoms with van der Waals surface area (Å²) >= 11 is 2.09. The van der Waals surface area contributed by atoms with Crippen molar-refractivity contribution in [2.45, 2.75) is 59.4 Å². The van der Waals surface area contributed by atoms with Crippen molar-refractivity contribution in [1.29, 1.82) is 0 Å². The summed E-state index contributed by atoms with van der Waals surface area (Å²) < 4.78 is 2.24. The number of thioether (sulfide) groups is 1. The summed E-state index contributed by atoms with van der Waals surface area (Å²) in [4.78, 5) is 8.80. The fraction of sp³-hybridized carbons (Fsp3) is 0.647. The summed E-state index contributed by atoms with van der Waals surface area (Å²) in [6.45, 7) is 7.38. The summed E-state index contributed by atoms with van der Waals surface area (Å²) in [5.74, 6) is 3.15. The second kappa shape index (κ2) is 8.42. The molecule has 2 aromatic heterocycles. The Morgan fingerprint density at radius 1 is 1.14 bits per heavy atom. The topological polar surface area (TPSA) is 56.7 Å². The van der Waals surface area contributed by atoms with E-state index in [1.54, 1.807) is 0 Å². The third-order valence-corrected chi connectivity index (χ3v) is 5.25. The highest BCUT2D eigenvalue weighted by Gasteiger charge is 2.12. The van der Waals surface area contributed by atoms with E-state index < -0.39 is 0 Å². The minimum absolute atomic E-state index is 0.546. The number of nitrogen functional groups attached to an aromatic ring is 1. The van der Waals surface area contributed by atoms with E-state index in [0.29, 0.717) is 5.82 Å². The van der Waals surface area contributed by atoms with E-state index in [2.05, 4.69) is 40.1 Å². The van der Waals surface area contributed by atoms with E-state index in [-0.39, 0.29) is 0 Å². The third-order valence-electron chi connectivity index (χ3n) is 4.10. The quantitative estimate of drug-likeness (QED) is 0.699. The van der Waals surface area contributed by atoms with Gasteiger partial charge in [0, 0.05) is 12.2 Å². The summed E-state index contributed by atoms with van der Waals surface area (Å²) in [5.41, 5.74) is 10.2. The van der Waals surface area contributed by atoms with E-state index in [4.69, 9.17) is 5.73 Å². The molecule has 0 unspecified atom stereocenters. The summed E-state index contributed by atoms with van der Waals surface area (Å²) in [6.07, 6.45) is 8.34. The van der Waals surface area contributed by atoms with Crippen LogP contribution in [0.1, 0.15) is 50.3 Å². The van der Waals surface area contributed by atoms with Crippen molar-refractivity contribution in [3.05, 3.63) is 17.6 Å². The van der Waals surface area contributed by atoms with Gasteiger partial charge in [0.05, 0.1) is 11.8 Å². The van der Waals surface area contributed by atoms with Crippen LogP contribution in [0, 0.1) is 13.8 Å². The van der Waals surface area contributed by atoms with Crippen molar-refractivity contribution in [3.8, 4) is 0 Å². The molecule has 0 aliphatic rings. The molecule has 0 fully saturated rings. The minimum Gasteiger partial charge on any atom is -0.382 e. The molecule has 0 saturated carbocycles. The second-order valence-electron chi connectivity index (χ2n) is 5.87. The molecule has 0 radical (unpaired) electrons. The van der Waals surface area contributed by atoms with E-state index >= 15 is 0 Å². The lowest BCUT2D eigenvalue weighted by Crippen LogP contribution is -2.02. The molecular weight excluding hydrogens is 292 g/mol. The maximum Gasteiger partial charge on any atom is 0.151 e. The van der Waals surface area contributed by atoms with Crippen LogP contribution in [0.4, 0.5) is 5.82 Å². The standard InChI is InChI=1S/C17H28N4S/c1-4-5-10-22-11-8-6-7-9-21-12-19-15-16(21)13(2)14(3)20-17(15)18/h12H,4-11H2,1-3H3,(H2,18,20). The van der Waals surface area contributed by atoms with Gasteiger partial charge in [-0.2, -0.15) is 11.8 Å². The molecule has 0 aliphatic carbocycles. The molecule has 2 N–H and O–H groups in total. The molecule has 2 heterocycles. The van der Waals surface area contributed by atoms with Gasteiger partial charge in [0.1, 0.15) is 5.52 Å². The number of rotatable bonds is 9. The number of imidazole rings is 1. The number of hydrogen-bond acceptors (Lipinski definition) is 4. The molecule has 2 rings (SSSR count). The molecule has 4 nitrogen and oxygen atoms in total.